The van der Waals surface area contributed by atoms with Crippen molar-refractivity contribution in [1.29, 1.82) is 5.26 Å². The maximum absolute atomic E-state index is 13.5. The first-order valence-electron chi connectivity index (χ1n) is 8.83. The Hall–Kier alpha value is -3.14. The standard InChI is InChI=1S/C20H20FN3O3/c21-17-3-1-2-4-18(17)26-13-19(25)24-15-6-8-16(9-7-15)27-20-10-5-14(11-22)12-23-20/h1-5,10,12,15-16H,6-9,13H2,(H,24,25). The van der Waals surface area contributed by atoms with Gasteiger partial charge in [-0.05, 0) is 43.9 Å². The number of aromatic nitrogens is 1. The molecule has 0 radical (unpaired) electrons. The lowest BCUT2D eigenvalue weighted by Gasteiger charge is -2.29. The highest BCUT2D eigenvalue weighted by molar-refractivity contribution is 5.77. The van der Waals surface area contributed by atoms with Crippen LogP contribution in [0.4, 0.5) is 4.39 Å². The summed E-state index contributed by atoms with van der Waals surface area (Å²) in [6, 6.07) is 11.4. The Labute approximate surface area is 156 Å². The van der Waals surface area contributed by atoms with Gasteiger partial charge in [-0.25, -0.2) is 9.37 Å². The Kier molecular flexibility index (Phi) is 6.21. The van der Waals surface area contributed by atoms with Gasteiger partial charge in [0.2, 0.25) is 5.88 Å². The van der Waals surface area contributed by atoms with E-state index in [0.717, 1.165) is 25.7 Å². The minimum Gasteiger partial charge on any atom is -0.481 e. The van der Waals surface area contributed by atoms with Crippen molar-refractivity contribution in [2.45, 2.75) is 37.8 Å². The molecule has 6 nitrogen and oxygen atoms in total. The summed E-state index contributed by atoms with van der Waals surface area (Å²) in [5.74, 6) is -0.185. The summed E-state index contributed by atoms with van der Waals surface area (Å²) in [7, 11) is 0. The molecule has 1 aromatic heterocycles. The molecular weight excluding hydrogens is 349 g/mol. The Morgan fingerprint density at radius 2 is 2.00 bits per heavy atom. The topological polar surface area (TPSA) is 84.2 Å². The number of hydrogen-bond acceptors (Lipinski definition) is 5. The lowest BCUT2D eigenvalue weighted by molar-refractivity contribution is -0.124. The Morgan fingerprint density at radius 1 is 1.22 bits per heavy atom. The second-order valence-corrected chi connectivity index (χ2v) is 6.38. The number of nitriles is 1. The van der Waals surface area contributed by atoms with Crippen LogP contribution in [-0.4, -0.2) is 29.6 Å². The van der Waals surface area contributed by atoms with Crippen LogP contribution in [0.15, 0.2) is 42.6 Å². The van der Waals surface area contributed by atoms with E-state index in [2.05, 4.69) is 10.3 Å². The third-order valence-corrected chi connectivity index (χ3v) is 4.39. The van der Waals surface area contributed by atoms with E-state index in [9.17, 15) is 9.18 Å². The van der Waals surface area contributed by atoms with Gasteiger partial charge in [0.15, 0.2) is 18.2 Å². The van der Waals surface area contributed by atoms with Gasteiger partial charge in [-0.2, -0.15) is 5.26 Å². The first kappa shape index (κ1) is 18.6. The summed E-state index contributed by atoms with van der Waals surface area (Å²) < 4.78 is 24.5. The molecule has 0 unspecified atom stereocenters. The molecule has 3 rings (SSSR count). The molecule has 7 heteroatoms. The average molecular weight is 369 g/mol. The van der Waals surface area contributed by atoms with E-state index in [1.54, 1.807) is 24.3 Å². The van der Waals surface area contributed by atoms with E-state index in [1.165, 1.54) is 18.3 Å². The number of ether oxygens (including phenoxy) is 2. The normalized spacial score (nSPS) is 19.0. The SMILES string of the molecule is N#Cc1ccc(OC2CCC(NC(=O)COc3ccccc3F)CC2)nc1. The molecule has 1 aliphatic carbocycles. The number of amides is 1. The first-order valence-corrected chi connectivity index (χ1v) is 8.83. The molecule has 27 heavy (non-hydrogen) atoms. The first-order chi connectivity index (χ1) is 13.1. The molecule has 0 bridgehead atoms. The van der Waals surface area contributed by atoms with Crippen LogP contribution in [-0.2, 0) is 4.79 Å². The van der Waals surface area contributed by atoms with Crippen molar-refractivity contribution >= 4 is 5.91 Å². The van der Waals surface area contributed by atoms with E-state index in [-0.39, 0.29) is 30.4 Å². The molecule has 1 aliphatic rings. The van der Waals surface area contributed by atoms with Gasteiger partial charge in [-0.1, -0.05) is 12.1 Å². The van der Waals surface area contributed by atoms with Crippen LogP contribution >= 0.6 is 0 Å². The fraction of sp³-hybridized carbons (Fsp3) is 0.350. The number of benzene rings is 1. The van der Waals surface area contributed by atoms with Crippen molar-refractivity contribution in [3.8, 4) is 17.7 Å². The molecule has 0 atom stereocenters. The highest BCUT2D eigenvalue weighted by Crippen LogP contribution is 2.23. The maximum Gasteiger partial charge on any atom is 0.258 e. The van der Waals surface area contributed by atoms with E-state index >= 15 is 0 Å². The maximum atomic E-state index is 13.5. The van der Waals surface area contributed by atoms with Crippen LogP contribution in [0.5, 0.6) is 11.6 Å². The Morgan fingerprint density at radius 3 is 2.67 bits per heavy atom. The molecule has 140 valence electrons. The van der Waals surface area contributed by atoms with Crippen LogP contribution in [0, 0.1) is 17.1 Å². The van der Waals surface area contributed by atoms with Crippen LogP contribution in [0.2, 0.25) is 0 Å². The van der Waals surface area contributed by atoms with Gasteiger partial charge in [0.25, 0.3) is 5.91 Å². The van der Waals surface area contributed by atoms with Gasteiger partial charge < -0.3 is 14.8 Å². The van der Waals surface area contributed by atoms with E-state index in [0.29, 0.717) is 11.4 Å². The minimum atomic E-state index is -0.487. The number of pyridine rings is 1. The molecule has 0 saturated heterocycles. The summed E-state index contributed by atoms with van der Waals surface area (Å²) in [6.45, 7) is -0.216. The molecule has 1 N–H and O–H groups in total. The van der Waals surface area contributed by atoms with Gasteiger partial charge in [0.1, 0.15) is 12.2 Å². The number of rotatable bonds is 6. The molecule has 0 spiro atoms. The number of carbonyl (C=O) groups excluding carboxylic acids is 1. The molecule has 1 saturated carbocycles. The van der Waals surface area contributed by atoms with E-state index in [4.69, 9.17) is 14.7 Å². The third kappa shape index (κ3) is 5.42. The molecule has 1 amide bonds. The zero-order chi connectivity index (χ0) is 19.1. The number of nitrogens with zero attached hydrogens (tertiary/aromatic N) is 2. The van der Waals surface area contributed by atoms with Crippen molar-refractivity contribution in [3.05, 3.63) is 54.0 Å². The molecule has 1 heterocycles. The van der Waals surface area contributed by atoms with Crippen molar-refractivity contribution < 1.29 is 18.7 Å². The quantitative estimate of drug-likeness (QED) is 0.846. The fourth-order valence-electron chi connectivity index (χ4n) is 2.99. The van der Waals surface area contributed by atoms with Gasteiger partial charge in [-0.15, -0.1) is 0 Å². The number of halogens is 1. The van der Waals surface area contributed by atoms with Crippen LogP contribution in [0.25, 0.3) is 0 Å². The Bertz CT molecular complexity index is 812. The minimum absolute atomic E-state index is 0.0354. The van der Waals surface area contributed by atoms with E-state index in [1.807, 2.05) is 6.07 Å². The number of nitrogens with one attached hydrogen (secondary N) is 1. The lowest BCUT2D eigenvalue weighted by Crippen LogP contribution is -2.41. The van der Waals surface area contributed by atoms with Crippen LogP contribution < -0.4 is 14.8 Å². The summed E-state index contributed by atoms with van der Waals surface area (Å²) in [5, 5.41) is 11.7. The average Bonchev–Trinajstić information content (AvgIpc) is 2.69. The molecule has 1 aromatic carbocycles. The number of hydrogen-bond donors (Lipinski definition) is 1. The highest BCUT2D eigenvalue weighted by atomic mass is 19.1. The van der Waals surface area contributed by atoms with Crippen LogP contribution in [0.3, 0.4) is 0 Å². The van der Waals surface area contributed by atoms with E-state index < -0.39 is 5.82 Å². The zero-order valence-electron chi connectivity index (χ0n) is 14.7. The summed E-state index contributed by atoms with van der Waals surface area (Å²) in [5.41, 5.74) is 0.492. The van der Waals surface area contributed by atoms with Crippen LogP contribution in [0.1, 0.15) is 31.2 Å². The zero-order valence-corrected chi connectivity index (χ0v) is 14.7. The smallest absolute Gasteiger partial charge is 0.258 e. The van der Waals surface area contributed by atoms with Gasteiger partial charge in [0.05, 0.1) is 5.56 Å². The number of carbonyl (C=O) groups is 1. The molecular formula is C20H20FN3O3. The summed E-state index contributed by atoms with van der Waals surface area (Å²) >= 11 is 0. The lowest BCUT2D eigenvalue weighted by atomic mass is 9.93. The second-order valence-electron chi connectivity index (χ2n) is 6.38. The van der Waals surface area contributed by atoms with Crippen molar-refractivity contribution in [2.24, 2.45) is 0 Å². The summed E-state index contributed by atoms with van der Waals surface area (Å²) in [6.07, 6.45) is 4.67. The molecule has 1 fully saturated rings. The monoisotopic (exact) mass is 369 g/mol. The molecule has 0 aliphatic heterocycles. The van der Waals surface area contributed by atoms with Gasteiger partial charge in [-0.3, -0.25) is 4.79 Å². The predicted molar refractivity (Wildman–Crippen MR) is 95.7 cm³/mol. The van der Waals surface area contributed by atoms with Crippen molar-refractivity contribution in [1.82, 2.24) is 10.3 Å². The van der Waals surface area contributed by atoms with Crippen molar-refractivity contribution in [3.63, 3.8) is 0 Å². The largest absolute Gasteiger partial charge is 0.481 e. The summed E-state index contributed by atoms with van der Waals surface area (Å²) in [4.78, 5) is 16.1. The van der Waals surface area contributed by atoms with Crippen molar-refractivity contribution in [2.75, 3.05) is 6.61 Å². The van der Waals surface area contributed by atoms with Gasteiger partial charge in [0, 0.05) is 18.3 Å². The molecule has 2 aromatic rings. The Balaban J connectivity index is 1.39. The fourth-order valence-corrected chi connectivity index (χ4v) is 2.99. The third-order valence-electron chi connectivity index (χ3n) is 4.39. The number of para-hydroxylation sites is 1. The highest BCUT2D eigenvalue weighted by Gasteiger charge is 2.24. The second kappa shape index (κ2) is 8.99. The van der Waals surface area contributed by atoms with Gasteiger partial charge >= 0.3 is 0 Å². The predicted octanol–water partition coefficient (Wildman–Crippen LogP) is 2.98.